The minimum atomic E-state index is -0.118. The number of aliphatic hydroxyl groups excluding tert-OH is 1. The summed E-state index contributed by atoms with van der Waals surface area (Å²) in [6, 6.07) is 0.0556. The van der Waals surface area contributed by atoms with Crippen molar-refractivity contribution in [1.82, 2.24) is 4.90 Å². The molecule has 1 aliphatic heterocycles. The summed E-state index contributed by atoms with van der Waals surface area (Å²) >= 11 is 4.94. The number of halogens is 1. The molecule has 0 aromatic heterocycles. The highest BCUT2D eigenvalue weighted by molar-refractivity contribution is 6.17. The van der Waals surface area contributed by atoms with Gasteiger partial charge < -0.3 is 14.6 Å². The number of likely N-dealkylation sites (N-methyl/N-ethyl adjacent to an activating group) is 1. The first-order valence-electron chi connectivity index (χ1n) is 5.61. The molecule has 0 saturated carbocycles. The van der Waals surface area contributed by atoms with E-state index in [1.54, 1.807) is 0 Å². The molecule has 0 spiro atoms. The van der Waals surface area contributed by atoms with Crippen LogP contribution in [-0.4, -0.2) is 68.4 Å². The normalized spacial score (nSPS) is 20.4. The number of rotatable bonds is 4. The van der Waals surface area contributed by atoms with Gasteiger partial charge in [0.15, 0.2) is 0 Å². The summed E-state index contributed by atoms with van der Waals surface area (Å²) in [5, 5.41) is 7.74. The largest absolute Gasteiger partial charge is 0.468 e. The maximum atomic E-state index is 10.5. The van der Waals surface area contributed by atoms with E-state index >= 15 is 0 Å². The van der Waals surface area contributed by atoms with Crippen molar-refractivity contribution in [3.63, 3.8) is 0 Å². The highest BCUT2D eigenvalue weighted by Gasteiger charge is 2.37. The van der Waals surface area contributed by atoms with E-state index in [1.165, 1.54) is 7.11 Å². The van der Waals surface area contributed by atoms with Crippen molar-refractivity contribution >= 4 is 17.6 Å². The van der Waals surface area contributed by atoms with E-state index in [-0.39, 0.29) is 18.6 Å². The van der Waals surface area contributed by atoms with E-state index < -0.39 is 0 Å². The molecule has 2 atom stereocenters. The van der Waals surface area contributed by atoms with E-state index in [0.29, 0.717) is 5.88 Å². The van der Waals surface area contributed by atoms with Crippen molar-refractivity contribution in [2.75, 3.05) is 46.4 Å². The zero-order valence-electron chi connectivity index (χ0n) is 11.1. The number of carbonyl (C=O) groups is 1. The maximum Gasteiger partial charge on any atom is 0.324 e. The zero-order chi connectivity index (χ0) is 13.7. The van der Waals surface area contributed by atoms with Gasteiger partial charge in [-0.3, -0.25) is 9.69 Å². The van der Waals surface area contributed by atoms with Gasteiger partial charge in [0.25, 0.3) is 0 Å². The molecule has 0 bridgehead atoms. The number of aliphatic hydroxyl groups is 1. The Labute approximate surface area is 109 Å². The van der Waals surface area contributed by atoms with Crippen molar-refractivity contribution in [1.29, 1.82) is 0 Å². The molecule has 5 nitrogen and oxygen atoms in total. The fraction of sp³-hybridized carbons (Fsp3) is 0.909. The predicted octanol–water partition coefficient (Wildman–Crippen LogP) is 0.734. The van der Waals surface area contributed by atoms with Crippen molar-refractivity contribution in [3.05, 3.63) is 0 Å². The van der Waals surface area contributed by atoms with Crippen LogP contribution in [0.1, 0.15) is 13.8 Å². The SMILES string of the molecule is CCOCC.COC(=O)C1CN1C.OCCCl. The Balaban J connectivity index is 0. The first-order valence-corrected chi connectivity index (χ1v) is 6.14. The second-order valence-corrected chi connectivity index (χ2v) is 3.55. The Morgan fingerprint density at radius 3 is 1.94 bits per heavy atom. The van der Waals surface area contributed by atoms with Gasteiger partial charge in [-0.1, -0.05) is 0 Å². The number of hydrogen-bond acceptors (Lipinski definition) is 5. The molecule has 1 aliphatic rings. The lowest BCUT2D eigenvalue weighted by Gasteiger charge is -1.92. The summed E-state index contributed by atoms with van der Waals surface area (Å²) in [7, 11) is 3.30. The third kappa shape index (κ3) is 13.6. The highest BCUT2D eigenvalue weighted by Crippen LogP contribution is 2.13. The second-order valence-electron chi connectivity index (χ2n) is 3.17. The molecule has 0 aromatic carbocycles. The maximum absolute atomic E-state index is 10.5. The number of esters is 1. The van der Waals surface area contributed by atoms with E-state index in [4.69, 9.17) is 21.4 Å². The summed E-state index contributed by atoms with van der Waals surface area (Å²) in [5.41, 5.74) is 0. The fourth-order valence-electron chi connectivity index (χ4n) is 0.820. The first-order chi connectivity index (χ1) is 8.08. The van der Waals surface area contributed by atoms with Gasteiger partial charge in [0.1, 0.15) is 6.04 Å². The standard InChI is InChI=1S/C5H9NO2.C4H10O.C2H5ClO/c1-6-3-4(6)5(7)8-2;1-3-5-4-2;3-1-2-4/h4H,3H2,1-2H3;3-4H2,1-2H3;4H,1-2H2. The number of methoxy groups -OCH3 is 1. The third-order valence-corrected chi connectivity index (χ3v) is 1.99. The van der Waals surface area contributed by atoms with Crippen molar-refractivity contribution in [3.8, 4) is 0 Å². The quantitative estimate of drug-likeness (QED) is 0.463. The monoisotopic (exact) mass is 269 g/mol. The molecule has 1 N–H and O–H groups in total. The van der Waals surface area contributed by atoms with Crippen LogP contribution < -0.4 is 0 Å². The molecule has 1 fully saturated rings. The van der Waals surface area contributed by atoms with Crippen LogP contribution >= 0.6 is 11.6 Å². The molecule has 2 unspecified atom stereocenters. The molecular weight excluding hydrogens is 246 g/mol. The third-order valence-electron chi connectivity index (χ3n) is 1.83. The molecule has 104 valence electrons. The highest BCUT2D eigenvalue weighted by atomic mass is 35.5. The minimum absolute atomic E-state index is 0.0556. The number of ether oxygens (including phenoxy) is 2. The first kappa shape index (κ1) is 19.0. The zero-order valence-corrected chi connectivity index (χ0v) is 11.9. The van der Waals surface area contributed by atoms with Gasteiger partial charge in [-0.25, -0.2) is 0 Å². The van der Waals surface area contributed by atoms with Gasteiger partial charge in [0.05, 0.1) is 13.7 Å². The molecule has 17 heavy (non-hydrogen) atoms. The Bertz CT molecular complexity index is 177. The Morgan fingerprint density at radius 1 is 1.47 bits per heavy atom. The van der Waals surface area contributed by atoms with Gasteiger partial charge in [0.2, 0.25) is 0 Å². The smallest absolute Gasteiger partial charge is 0.324 e. The Morgan fingerprint density at radius 2 is 1.88 bits per heavy atom. The number of nitrogens with zero attached hydrogens (tertiary/aromatic N) is 1. The van der Waals surface area contributed by atoms with Crippen LogP contribution in [0.15, 0.2) is 0 Å². The van der Waals surface area contributed by atoms with Crippen LogP contribution in [0.3, 0.4) is 0 Å². The summed E-state index contributed by atoms with van der Waals surface area (Å²) in [6.45, 7) is 6.61. The van der Waals surface area contributed by atoms with Gasteiger partial charge in [-0.05, 0) is 20.9 Å². The number of alkyl halides is 1. The lowest BCUT2D eigenvalue weighted by atomic mass is 10.5. The topological polar surface area (TPSA) is 58.8 Å². The summed E-state index contributed by atoms with van der Waals surface area (Å²) < 4.78 is 9.30. The molecule has 6 heteroatoms. The van der Waals surface area contributed by atoms with E-state index in [2.05, 4.69) is 4.74 Å². The van der Waals surface area contributed by atoms with Crippen LogP contribution in [0.2, 0.25) is 0 Å². The number of hydrogen-bond donors (Lipinski definition) is 1. The molecule has 0 aromatic rings. The second kappa shape index (κ2) is 13.7. The van der Waals surface area contributed by atoms with E-state index in [0.717, 1.165) is 19.8 Å². The van der Waals surface area contributed by atoms with Crippen molar-refractivity contribution < 1.29 is 19.4 Å². The average Bonchev–Trinajstić information content (AvgIpc) is 3.07. The number of carbonyl (C=O) groups excluding carboxylic acids is 1. The van der Waals surface area contributed by atoms with E-state index in [9.17, 15) is 4.79 Å². The molecule has 0 aliphatic carbocycles. The van der Waals surface area contributed by atoms with Gasteiger partial charge in [-0.15, -0.1) is 11.6 Å². The van der Waals surface area contributed by atoms with Gasteiger partial charge >= 0.3 is 5.97 Å². The minimum Gasteiger partial charge on any atom is -0.468 e. The Hall–Kier alpha value is -0.360. The summed E-state index contributed by atoms with van der Waals surface area (Å²) in [6.07, 6.45) is 0. The van der Waals surface area contributed by atoms with Crippen LogP contribution in [0.4, 0.5) is 0 Å². The molecular formula is C11H24ClNO4. The van der Waals surface area contributed by atoms with Crippen LogP contribution in [-0.2, 0) is 14.3 Å². The Kier molecular flexibility index (Phi) is 15.3. The van der Waals surface area contributed by atoms with Gasteiger partial charge in [0, 0.05) is 25.6 Å². The molecule has 1 heterocycles. The van der Waals surface area contributed by atoms with Gasteiger partial charge in [-0.2, -0.15) is 0 Å². The van der Waals surface area contributed by atoms with Crippen molar-refractivity contribution in [2.45, 2.75) is 19.9 Å². The predicted molar refractivity (Wildman–Crippen MR) is 68.4 cm³/mol. The lowest BCUT2D eigenvalue weighted by molar-refractivity contribution is -0.140. The van der Waals surface area contributed by atoms with Crippen LogP contribution in [0.5, 0.6) is 0 Å². The molecule has 0 amide bonds. The van der Waals surface area contributed by atoms with Crippen LogP contribution in [0, 0.1) is 0 Å². The molecule has 1 saturated heterocycles. The molecule has 0 radical (unpaired) electrons. The average molecular weight is 270 g/mol. The van der Waals surface area contributed by atoms with E-state index in [1.807, 2.05) is 25.8 Å². The molecule has 1 rings (SSSR count). The lowest BCUT2D eigenvalue weighted by Crippen LogP contribution is -2.11. The fourth-order valence-corrected chi connectivity index (χ4v) is 0.820. The van der Waals surface area contributed by atoms with Crippen LogP contribution in [0.25, 0.3) is 0 Å². The van der Waals surface area contributed by atoms with Crippen molar-refractivity contribution in [2.24, 2.45) is 0 Å². The summed E-state index contributed by atoms with van der Waals surface area (Å²) in [5.74, 6) is 0.229. The summed E-state index contributed by atoms with van der Waals surface area (Å²) in [4.78, 5) is 12.4.